The molecular formula is C16H14Cl4N2O. The fourth-order valence-electron chi connectivity index (χ4n) is 2.69. The second-order valence-corrected chi connectivity index (χ2v) is 7.08. The van der Waals surface area contributed by atoms with Crippen LogP contribution in [-0.2, 0) is 0 Å². The standard InChI is InChI=1S/C16H14Cl4N2O/c17-11-3-10(7-22-8-11)16(9-1-2-21-6-9)23-15-5-13(19)12(18)4-14(15)20/h3-5,7-9,16,21H,1-2,6H2/t9-,16+/m0/s1. The molecule has 1 aromatic heterocycles. The zero-order chi connectivity index (χ0) is 16.4. The van der Waals surface area contributed by atoms with Gasteiger partial charge >= 0.3 is 0 Å². The van der Waals surface area contributed by atoms with Crippen molar-refractivity contribution in [2.75, 3.05) is 13.1 Å². The van der Waals surface area contributed by atoms with Crippen molar-refractivity contribution in [2.45, 2.75) is 12.5 Å². The molecule has 1 aliphatic heterocycles. The van der Waals surface area contributed by atoms with Gasteiger partial charge in [0.25, 0.3) is 0 Å². The molecule has 0 unspecified atom stereocenters. The Bertz CT molecular complexity index is 704. The zero-order valence-corrected chi connectivity index (χ0v) is 15.1. The van der Waals surface area contributed by atoms with Gasteiger partial charge in [0.2, 0.25) is 0 Å². The Morgan fingerprint density at radius 1 is 1.04 bits per heavy atom. The Morgan fingerprint density at radius 2 is 1.83 bits per heavy atom. The monoisotopic (exact) mass is 390 g/mol. The minimum atomic E-state index is -0.217. The third kappa shape index (κ3) is 4.04. The Balaban J connectivity index is 1.94. The molecule has 0 radical (unpaired) electrons. The first kappa shape index (κ1) is 17.1. The van der Waals surface area contributed by atoms with E-state index in [0.717, 1.165) is 25.1 Å². The molecule has 7 heteroatoms. The molecular weight excluding hydrogens is 378 g/mol. The van der Waals surface area contributed by atoms with Gasteiger partial charge in [-0.3, -0.25) is 4.98 Å². The van der Waals surface area contributed by atoms with E-state index in [2.05, 4.69) is 10.3 Å². The van der Waals surface area contributed by atoms with Gasteiger partial charge in [0.1, 0.15) is 11.9 Å². The topological polar surface area (TPSA) is 34.1 Å². The lowest BCUT2D eigenvalue weighted by Crippen LogP contribution is -2.21. The second-order valence-electron chi connectivity index (χ2n) is 5.42. The number of nitrogens with zero attached hydrogens (tertiary/aromatic N) is 1. The SMILES string of the molecule is Clc1cncc([C@H](Oc2cc(Cl)c(Cl)cc2Cl)[C@H]2CCNC2)c1. The largest absolute Gasteiger partial charge is 0.484 e. The average Bonchev–Trinajstić information content (AvgIpc) is 3.03. The van der Waals surface area contributed by atoms with Crippen LogP contribution in [0.2, 0.25) is 20.1 Å². The van der Waals surface area contributed by atoms with Crippen LogP contribution in [0.3, 0.4) is 0 Å². The second kappa shape index (κ2) is 7.45. The number of aromatic nitrogens is 1. The van der Waals surface area contributed by atoms with E-state index in [0.29, 0.717) is 31.8 Å². The van der Waals surface area contributed by atoms with Gasteiger partial charge in [-0.05, 0) is 25.1 Å². The highest BCUT2D eigenvalue weighted by molar-refractivity contribution is 6.43. The molecule has 3 nitrogen and oxygen atoms in total. The number of hydrogen-bond acceptors (Lipinski definition) is 3. The summed E-state index contributed by atoms with van der Waals surface area (Å²) >= 11 is 24.4. The minimum absolute atomic E-state index is 0.217. The van der Waals surface area contributed by atoms with Crippen LogP contribution in [-0.4, -0.2) is 18.1 Å². The maximum absolute atomic E-state index is 6.25. The first-order valence-corrected chi connectivity index (χ1v) is 8.68. The average molecular weight is 392 g/mol. The summed E-state index contributed by atoms with van der Waals surface area (Å²) in [6, 6.07) is 5.09. The van der Waals surface area contributed by atoms with Crippen LogP contribution in [0.4, 0.5) is 0 Å². The first-order chi connectivity index (χ1) is 11.0. The number of nitrogens with one attached hydrogen (secondary N) is 1. The zero-order valence-electron chi connectivity index (χ0n) is 12.0. The van der Waals surface area contributed by atoms with Crippen molar-refractivity contribution in [3.8, 4) is 5.75 Å². The van der Waals surface area contributed by atoms with Crippen molar-refractivity contribution >= 4 is 46.4 Å². The van der Waals surface area contributed by atoms with E-state index >= 15 is 0 Å². The van der Waals surface area contributed by atoms with Gasteiger partial charge in [-0.25, -0.2) is 0 Å². The normalized spacial score (nSPS) is 18.9. The number of pyridine rings is 1. The molecule has 0 aliphatic carbocycles. The number of rotatable bonds is 4. The van der Waals surface area contributed by atoms with Crippen molar-refractivity contribution < 1.29 is 4.74 Å². The Kier molecular flexibility index (Phi) is 5.55. The molecule has 122 valence electrons. The molecule has 0 spiro atoms. The molecule has 1 N–H and O–H groups in total. The smallest absolute Gasteiger partial charge is 0.140 e. The van der Waals surface area contributed by atoms with Crippen LogP contribution >= 0.6 is 46.4 Å². The number of hydrogen-bond donors (Lipinski definition) is 1. The van der Waals surface area contributed by atoms with Crippen molar-refractivity contribution in [3.05, 3.63) is 56.2 Å². The fourth-order valence-corrected chi connectivity index (χ4v) is 3.45. The van der Waals surface area contributed by atoms with Crippen LogP contribution in [0.15, 0.2) is 30.6 Å². The van der Waals surface area contributed by atoms with Crippen molar-refractivity contribution in [1.82, 2.24) is 10.3 Å². The Labute approximate surface area is 154 Å². The summed E-state index contributed by atoms with van der Waals surface area (Å²) in [6.45, 7) is 1.81. The quantitative estimate of drug-likeness (QED) is 0.706. The molecule has 1 fully saturated rings. The van der Waals surface area contributed by atoms with Gasteiger partial charge in [-0.15, -0.1) is 0 Å². The van der Waals surface area contributed by atoms with Gasteiger partial charge < -0.3 is 10.1 Å². The first-order valence-electron chi connectivity index (χ1n) is 7.17. The lowest BCUT2D eigenvalue weighted by molar-refractivity contribution is 0.144. The van der Waals surface area contributed by atoms with E-state index in [1.54, 1.807) is 24.5 Å². The van der Waals surface area contributed by atoms with Gasteiger partial charge in [0, 0.05) is 36.5 Å². The van der Waals surface area contributed by atoms with Gasteiger partial charge in [-0.1, -0.05) is 46.4 Å². The van der Waals surface area contributed by atoms with Crippen molar-refractivity contribution in [2.24, 2.45) is 5.92 Å². The summed E-state index contributed by atoms with van der Waals surface area (Å²) in [7, 11) is 0. The summed E-state index contributed by atoms with van der Waals surface area (Å²) in [5.74, 6) is 0.790. The molecule has 0 bridgehead atoms. The molecule has 23 heavy (non-hydrogen) atoms. The van der Waals surface area contributed by atoms with Crippen LogP contribution in [0, 0.1) is 5.92 Å². The van der Waals surface area contributed by atoms with Crippen LogP contribution in [0.1, 0.15) is 18.1 Å². The van der Waals surface area contributed by atoms with Crippen LogP contribution in [0.25, 0.3) is 0 Å². The van der Waals surface area contributed by atoms with E-state index < -0.39 is 0 Å². The van der Waals surface area contributed by atoms with Crippen LogP contribution in [0.5, 0.6) is 5.75 Å². The summed E-state index contributed by atoms with van der Waals surface area (Å²) < 4.78 is 6.19. The number of benzene rings is 1. The van der Waals surface area contributed by atoms with Crippen molar-refractivity contribution in [3.63, 3.8) is 0 Å². The Morgan fingerprint density at radius 3 is 2.52 bits per heavy atom. The molecule has 2 atom stereocenters. The van der Waals surface area contributed by atoms with Gasteiger partial charge in [0.15, 0.2) is 0 Å². The maximum Gasteiger partial charge on any atom is 0.140 e. The molecule has 1 aliphatic rings. The fraction of sp³-hybridized carbons (Fsp3) is 0.312. The van der Waals surface area contributed by atoms with E-state index in [1.165, 1.54) is 0 Å². The number of ether oxygens (including phenoxy) is 1. The summed E-state index contributed by atoms with van der Waals surface area (Å²) in [5, 5.41) is 5.14. The highest BCUT2D eigenvalue weighted by Gasteiger charge is 2.29. The molecule has 0 saturated carbocycles. The molecule has 0 amide bonds. The van der Waals surface area contributed by atoms with E-state index in [1.807, 2.05) is 6.07 Å². The molecule has 1 aromatic carbocycles. The van der Waals surface area contributed by atoms with E-state index in [4.69, 9.17) is 51.1 Å². The predicted molar refractivity (Wildman–Crippen MR) is 95.1 cm³/mol. The Hall–Kier alpha value is -0.710. The lowest BCUT2D eigenvalue weighted by atomic mass is 9.96. The van der Waals surface area contributed by atoms with Gasteiger partial charge in [-0.2, -0.15) is 0 Å². The third-order valence-corrected chi connectivity index (χ3v) is 5.03. The molecule has 3 rings (SSSR count). The molecule has 1 saturated heterocycles. The summed E-state index contributed by atoms with van der Waals surface area (Å²) in [4.78, 5) is 4.16. The third-order valence-electron chi connectivity index (χ3n) is 3.81. The highest BCUT2D eigenvalue weighted by atomic mass is 35.5. The van der Waals surface area contributed by atoms with E-state index in [-0.39, 0.29) is 6.10 Å². The van der Waals surface area contributed by atoms with Crippen molar-refractivity contribution in [1.29, 1.82) is 0 Å². The van der Waals surface area contributed by atoms with Gasteiger partial charge in [0.05, 0.1) is 20.1 Å². The molecule has 2 aromatic rings. The summed E-state index contributed by atoms with van der Waals surface area (Å²) in [5.41, 5.74) is 0.910. The summed E-state index contributed by atoms with van der Waals surface area (Å²) in [6.07, 6.45) is 4.14. The highest BCUT2D eigenvalue weighted by Crippen LogP contribution is 2.39. The predicted octanol–water partition coefficient (Wildman–Crippen LogP) is 5.42. The van der Waals surface area contributed by atoms with E-state index in [9.17, 15) is 0 Å². The minimum Gasteiger partial charge on any atom is -0.484 e. The number of halogens is 4. The maximum atomic E-state index is 6.25. The lowest BCUT2D eigenvalue weighted by Gasteiger charge is -2.25. The molecule has 2 heterocycles. The van der Waals surface area contributed by atoms with Crippen LogP contribution < -0.4 is 10.1 Å².